The van der Waals surface area contributed by atoms with Gasteiger partial charge in [-0.2, -0.15) is 10.2 Å². The number of rotatable bonds is 5. The number of benzene rings is 1. The highest BCUT2D eigenvalue weighted by Crippen LogP contribution is 2.23. The Morgan fingerprint density at radius 2 is 1.88 bits per heavy atom. The summed E-state index contributed by atoms with van der Waals surface area (Å²) in [6, 6.07) is 8.86. The summed E-state index contributed by atoms with van der Waals surface area (Å²) in [6.07, 6.45) is 3.51. The van der Waals surface area contributed by atoms with E-state index in [0.717, 1.165) is 5.69 Å². The summed E-state index contributed by atoms with van der Waals surface area (Å²) in [7, 11) is -3.69. The Bertz CT molecular complexity index is 941. The predicted octanol–water partition coefficient (Wildman–Crippen LogP) is 2.51. The number of hydrogen-bond donors (Lipinski definition) is 1. The smallest absolute Gasteiger partial charge is 0.265 e. The van der Waals surface area contributed by atoms with Crippen LogP contribution in [-0.4, -0.2) is 28.0 Å². The SMILES string of the molecule is CCn1nc(C)c(S(=O)(=O)Nc2ccc(-n3cccn3)cc2)c1C. The Hall–Kier alpha value is -2.61. The van der Waals surface area contributed by atoms with Crippen LogP contribution in [0, 0.1) is 13.8 Å². The van der Waals surface area contributed by atoms with Gasteiger partial charge < -0.3 is 0 Å². The zero-order valence-electron chi connectivity index (χ0n) is 13.8. The molecule has 1 aromatic carbocycles. The second-order valence-corrected chi connectivity index (χ2v) is 7.04. The number of anilines is 1. The van der Waals surface area contributed by atoms with Crippen molar-refractivity contribution in [2.24, 2.45) is 0 Å². The van der Waals surface area contributed by atoms with Crippen LogP contribution in [0.4, 0.5) is 5.69 Å². The Morgan fingerprint density at radius 1 is 1.17 bits per heavy atom. The molecule has 0 aliphatic rings. The van der Waals surface area contributed by atoms with Crippen LogP contribution in [-0.2, 0) is 16.6 Å². The van der Waals surface area contributed by atoms with E-state index in [9.17, 15) is 8.42 Å². The van der Waals surface area contributed by atoms with Crippen LogP contribution in [0.1, 0.15) is 18.3 Å². The Morgan fingerprint density at radius 3 is 2.42 bits per heavy atom. The van der Waals surface area contributed by atoms with Gasteiger partial charge in [0.25, 0.3) is 10.0 Å². The zero-order valence-corrected chi connectivity index (χ0v) is 14.6. The molecule has 2 aromatic heterocycles. The molecular weight excluding hydrogens is 326 g/mol. The van der Waals surface area contributed by atoms with Crippen molar-refractivity contribution in [3.63, 3.8) is 0 Å². The van der Waals surface area contributed by atoms with E-state index in [-0.39, 0.29) is 4.90 Å². The quantitative estimate of drug-likeness (QED) is 0.770. The van der Waals surface area contributed by atoms with Gasteiger partial charge in [0.15, 0.2) is 0 Å². The lowest BCUT2D eigenvalue weighted by Crippen LogP contribution is -2.15. The van der Waals surface area contributed by atoms with Crippen molar-refractivity contribution < 1.29 is 8.42 Å². The fourth-order valence-corrected chi connectivity index (χ4v) is 4.16. The van der Waals surface area contributed by atoms with Crippen LogP contribution in [0.3, 0.4) is 0 Å². The fraction of sp³-hybridized carbons (Fsp3) is 0.250. The summed E-state index contributed by atoms with van der Waals surface area (Å²) in [5, 5.41) is 8.41. The Labute approximate surface area is 141 Å². The molecule has 0 fully saturated rings. The van der Waals surface area contributed by atoms with Crippen molar-refractivity contribution in [3.8, 4) is 5.69 Å². The van der Waals surface area contributed by atoms with Gasteiger partial charge in [0.05, 0.1) is 17.1 Å². The van der Waals surface area contributed by atoms with Crippen LogP contribution in [0.25, 0.3) is 5.69 Å². The first kappa shape index (κ1) is 16.3. The molecule has 2 heterocycles. The predicted molar refractivity (Wildman–Crippen MR) is 91.7 cm³/mol. The number of nitrogens with one attached hydrogen (secondary N) is 1. The van der Waals surface area contributed by atoms with E-state index < -0.39 is 10.0 Å². The summed E-state index contributed by atoms with van der Waals surface area (Å²) in [6.45, 7) is 6.02. The van der Waals surface area contributed by atoms with Crippen molar-refractivity contribution in [2.75, 3.05) is 4.72 Å². The maximum Gasteiger partial charge on any atom is 0.265 e. The maximum atomic E-state index is 12.7. The van der Waals surface area contributed by atoms with Crippen LogP contribution < -0.4 is 4.72 Å². The molecule has 0 saturated heterocycles. The van der Waals surface area contributed by atoms with E-state index in [4.69, 9.17) is 0 Å². The molecule has 24 heavy (non-hydrogen) atoms. The second kappa shape index (κ2) is 6.12. The van der Waals surface area contributed by atoms with E-state index >= 15 is 0 Å². The highest BCUT2D eigenvalue weighted by atomic mass is 32.2. The van der Waals surface area contributed by atoms with E-state index in [1.54, 1.807) is 53.7 Å². The number of sulfonamides is 1. The largest absolute Gasteiger partial charge is 0.280 e. The Balaban J connectivity index is 1.89. The molecule has 0 atom stereocenters. The topological polar surface area (TPSA) is 81.8 Å². The first-order valence-corrected chi connectivity index (χ1v) is 9.07. The van der Waals surface area contributed by atoms with Gasteiger partial charge in [0.1, 0.15) is 4.90 Å². The van der Waals surface area contributed by atoms with Gasteiger partial charge in [-0.05, 0) is 51.1 Å². The normalized spacial score (nSPS) is 11.6. The van der Waals surface area contributed by atoms with Gasteiger partial charge in [-0.3, -0.25) is 9.40 Å². The van der Waals surface area contributed by atoms with Crippen LogP contribution in [0.15, 0.2) is 47.6 Å². The molecule has 0 amide bonds. The molecular formula is C16H19N5O2S. The zero-order chi connectivity index (χ0) is 17.3. The molecule has 7 nitrogen and oxygen atoms in total. The van der Waals surface area contributed by atoms with Crippen LogP contribution in [0.5, 0.6) is 0 Å². The third-order valence-corrected chi connectivity index (χ3v) is 5.40. The minimum absolute atomic E-state index is 0.237. The molecule has 0 aliphatic heterocycles. The Kier molecular flexibility index (Phi) is 4.15. The van der Waals surface area contributed by atoms with E-state index in [1.165, 1.54) is 0 Å². The van der Waals surface area contributed by atoms with Gasteiger partial charge in [-0.25, -0.2) is 13.1 Å². The lowest BCUT2D eigenvalue weighted by molar-refractivity contribution is 0.598. The molecule has 0 aliphatic carbocycles. The summed E-state index contributed by atoms with van der Waals surface area (Å²) < 4.78 is 31.4. The van der Waals surface area contributed by atoms with Crippen molar-refractivity contribution >= 4 is 15.7 Å². The summed E-state index contributed by atoms with van der Waals surface area (Å²) in [5.74, 6) is 0. The summed E-state index contributed by atoms with van der Waals surface area (Å²) in [4.78, 5) is 0.237. The van der Waals surface area contributed by atoms with Gasteiger partial charge >= 0.3 is 0 Å². The monoisotopic (exact) mass is 345 g/mol. The van der Waals surface area contributed by atoms with Crippen molar-refractivity contribution in [2.45, 2.75) is 32.2 Å². The molecule has 0 spiro atoms. The van der Waals surface area contributed by atoms with Crippen LogP contribution in [0.2, 0.25) is 0 Å². The van der Waals surface area contributed by atoms with Crippen molar-refractivity contribution in [3.05, 3.63) is 54.1 Å². The summed E-state index contributed by atoms with van der Waals surface area (Å²) >= 11 is 0. The lowest BCUT2D eigenvalue weighted by Gasteiger charge is -2.09. The fourth-order valence-electron chi connectivity index (χ4n) is 2.69. The molecule has 3 aromatic rings. The number of nitrogens with zero attached hydrogens (tertiary/aromatic N) is 4. The molecule has 8 heteroatoms. The van der Waals surface area contributed by atoms with E-state index in [2.05, 4.69) is 14.9 Å². The molecule has 0 unspecified atom stereocenters. The third-order valence-electron chi connectivity index (χ3n) is 3.77. The van der Waals surface area contributed by atoms with Crippen molar-refractivity contribution in [1.29, 1.82) is 0 Å². The standard InChI is InChI=1S/C16H19N5O2S/c1-4-20-13(3)16(12(2)18-20)24(22,23)19-14-6-8-15(9-7-14)21-11-5-10-17-21/h5-11,19H,4H2,1-3H3. The van der Waals surface area contributed by atoms with Crippen molar-refractivity contribution in [1.82, 2.24) is 19.6 Å². The van der Waals surface area contributed by atoms with Gasteiger partial charge in [0, 0.05) is 24.6 Å². The number of hydrogen-bond acceptors (Lipinski definition) is 4. The summed E-state index contributed by atoms with van der Waals surface area (Å²) in [5.41, 5.74) is 2.48. The minimum atomic E-state index is -3.69. The van der Waals surface area contributed by atoms with Gasteiger partial charge in [0.2, 0.25) is 0 Å². The molecule has 126 valence electrons. The first-order valence-electron chi connectivity index (χ1n) is 7.59. The second-order valence-electron chi connectivity index (χ2n) is 5.42. The molecule has 0 bridgehead atoms. The average Bonchev–Trinajstić information content (AvgIpc) is 3.15. The molecule has 0 radical (unpaired) electrons. The van der Waals surface area contributed by atoms with Crippen LogP contribution >= 0.6 is 0 Å². The average molecular weight is 345 g/mol. The van der Waals surface area contributed by atoms with E-state index in [0.29, 0.717) is 23.6 Å². The number of aryl methyl sites for hydroxylation is 2. The molecule has 1 N–H and O–H groups in total. The highest BCUT2D eigenvalue weighted by molar-refractivity contribution is 7.92. The third kappa shape index (κ3) is 2.92. The maximum absolute atomic E-state index is 12.7. The van der Waals surface area contributed by atoms with Gasteiger partial charge in [-0.15, -0.1) is 0 Å². The van der Waals surface area contributed by atoms with E-state index in [1.807, 2.05) is 19.2 Å². The minimum Gasteiger partial charge on any atom is -0.280 e. The van der Waals surface area contributed by atoms with Gasteiger partial charge in [-0.1, -0.05) is 0 Å². The lowest BCUT2D eigenvalue weighted by atomic mass is 10.3. The molecule has 0 saturated carbocycles. The highest BCUT2D eigenvalue weighted by Gasteiger charge is 2.24. The first-order chi connectivity index (χ1) is 11.4. The molecule has 3 rings (SSSR count). The number of aromatic nitrogens is 4.